The minimum atomic E-state index is 0.278. The van der Waals surface area contributed by atoms with E-state index in [-0.39, 0.29) is 5.25 Å². The summed E-state index contributed by atoms with van der Waals surface area (Å²) in [5.74, 6) is 0. The predicted octanol–water partition coefficient (Wildman–Crippen LogP) is 4.89. The van der Waals surface area contributed by atoms with E-state index < -0.39 is 0 Å². The van der Waals surface area contributed by atoms with E-state index in [1.54, 1.807) is 11.8 Å². The topological polar surface area (TPSA) is 3.24 Å². The minimum Gasteiger partial charge on any atom is -0.357 e. The van der Waals surface area contributed by atoms with Crippen LogP contribution in [0.4, 0.5) is 0 Å². The Morgan fingerprint density at radius 2 is 1.33 bits per heavy atom. The fourth-order valence-corrected chi connectivity index (χ4v) is 4.25. The maximum absolute atomic E-state index is 5.68. The highest BCUT2D eigenvalue weighted by molar-refractivity contribution is 8.23. The molecule has 108 valence electrons. The summed E-state index contributed by atoms with van der Waals surface area (Å²) in [6.45, 7) is 2.23. The highest BCUT2D eigenvalue weighted by Gasteiger charge is 2.21. The van der Waals surface area contributed by atoms with Gasteiger partial charge in [0.15, 0.2) is 0 Å². The predicted molar refractivity (Wildman–Crippen MR) is 95.7 cm³/mol. The zero-order valence-electron chi connectivity index (χ0n) is 11.9. The molecule has 0 bridgehead atoms. The molecule has 3 heteroatoms. The Bertz CT molecular complexity index is 537. The van der Waals surface area contributed by atoms with E-state index in [0.29, 0.717) is 0 Å². The van der Waals surface area contributed by atoms with Gasteiger partial charge in [0.05, 0.1) is 5.25 Å². The molecular weight excluding hydrogens is 294 g/mol. The van der Waals surface area contributed by atoms with Gasteiger partial charge in [0.2, 0.25) is 0 Å². The highest BCUT2D eigenvalue weighted by atomic mass is 32.2. The lowest BCUT2D eigenvalue weighted by atomic mass is 10.0. The zero-order valence-corrected chi connectivity index (χ0v) is 13.6. The van der Waals surface area contributed by atoms with Crippen molar-refractivity contribution in [3.63, 3.8) is 0 Å². The second-order valence-corrected chi connectivity index (χ2v) is 7.02. The summed E-state index contributed by atoms with van der Waals surface area (Å²) in [7, 11) is 0. The number of nitrogens with zero attached hydrogens (tertiary/aromatic N) is 1. The van der Waals surface area contributed by atoms with Crippen molar-refractivity contribution in [1.29, 1.82) is 0 Å². The molecule has 0 spiro atoms. The number of likely N-dealkylation sites (tertiary alicyclic amines) is 1. The van der Waals surface area contributed by atoms with Crippen molar-refractivity contribution in [3.05, 3.63) is 71.8 Å². The molecule has 0 radical (unpaired) electrons. The first kappa shape index (κ1) is 14.6. The van der Waals surface area contributed by atoms with Crippen molar-refractivity contribution in [2.45, 2.75) is 18.1 Å². The van der Waals surface area contributed by atoms with Crippen LogP contribution in [0.1, 0.15) is 29.2 Å². The first-order valence-corrected chi connectivity index (χ1v) is 8.69. The molecule has 0 aliphatic carbocycles. The second kappa shape index (κ2) is 7.10. The Hall–Kier alpha value is -1.32. The van der Waals surface area contributed by atoms with Crippen LogP contribution in [0.2, 0.25) is 0 Å². The number of benzene rings is 2. The second-order valence-electron chi connectivity index (χ2n) is 5.28. The fraction of sp³-hybridized carbons (Fsp3) is 0.278. The number of rotatable bonds is 3. The Kier molecular flexibility index (Phi) is 4.94. The fourth-order valence-electron chi connectivity index (χ4n) is 2.66. The van der Waals surface area contributed by atoms with Gasteiger partial charge in [-0.15, -0.1) is 0 Å². The molecule has 1 saturated heterocycles. The average Bonchev–Trinajstić information content (AvgIpc) is 3.09. The lowest BCUT2D eigenvalue weighted by Crippen LogP contribution is -2.24. The molecule has 2 aromatic rings. The van der Waals surface area contributed by atoms with Gasteiger partial charge in [-0.3, -0.25) is 0 Å². The Balaban J connectivity index is 1.84. The van der Waals surface area contributed by atoms with Gasteiger partial charge in [-0.25, -0.2) is 0 Å². The number of hydrogen-bond donors (Lipinski definition) is 0. The molecule has 1 aliphatic heterocycles. The summed E-state index contributed by atoms with van der Waals surface area (Å²) in [5.41, 5.74) is 2.63. The van der Waals surface area contributed by atoms with Crippen LogP contribution in [0, 0.1) is 0 Å². The van der Waals surface area contributed by atoms with E-state index in [0.717, 1.165) is 17.4 Å². The molecule has 3 rings (SSSR count). The minimum absolute atomic E-state index is 0.278. The van der Waals surface area contributed by atoms with Crippen molar-refractivity contribution < 1.29 is 0 Å². The van der Waals surface area contributed by atoms with Crippen molar-refractivity contribution in [2.75, 3.05) is 13.1 Å². The number of hydrogen-bond acceptors (Lipinski definition) is 2. The number of thioether (sulfide) groups is 1. The molecule has 0 saturated carbocycles. The molecule has 1 heterocycles. The third kappa shape index (κ3) is 3.66. The molecule has 21 heavy (non-hydrogen) atoms. The Morgan fingerprint density at radius 3 is 1.81 bits per heavy atom. The van der Waals surface area contributed by atoms with Gasteiger partial charge in [-0.2, -0.15) is 0 Å². The van der Waals surface area contributed by atoms with Crippen molar-refractivity contribution >= 4 is 28.3 Å². The van der Waals surface area contributed by atoms with Crippen molar-refractivity contribution in [2.24, 2.45) is 0 Å². The monoisotopic (exact) mass is 313 g/mol. The molecule has 0 atom stereocenters. The van der Waals surface area contributed by atoms with E-state index >= 15 is 0 Å². The molecule has 1 fully saturated rings. The van der Waals surface area contributed by atoms with Crippen LogP contribution >= 0.6 is 24.0 Å². The van der Waals surface area contributed by atoms with Crippen molar-refractivity contribution in [3.8, 4) is 0 Å². The molecule has 1 nitrogen and oxygen atoms in total. The van der Waals surface area contributed by atoms with Crippen LogP contribution < -0.4 is 0 Å². The largest absolute Gasteiger partial charge is 0.357 e. The standard InChI is InChI=1S/C18H19NS2/c20-18(19-13-7-8-14-19)21-17(15-9-3-1-4-10-15)16-11-5-2-6-12-16/h1-6,9-12,17H,7-8,13-14H2. The quantitative estimate of drug-likeness (QED) is 0.743. The van der Waals surface area contributed by atoms with Crippen LogP contribution in [0.5, 0.6) is 0 Å². The molecular formula is C18H19NS2. The van der Waals surface area contributed by atoms with Crippen LogP contribution in [-0.2, 0) is 0 Å². The third-order valence-corrected chi connectivity index (χ3v) is 5.57. The normalized spacial score (nSPS) is 14.6. The first-order chi connectivity index (χ1) is 10.3. The summed E-state index contributed by atoms with van der Waals surface area (Å²) in [6, 6.07) is 21.3. The van der Waals surface area contributed by atoms with Crippen LogP contribution in [0.3, 0.4) is 0 Å². The summed E-state index contributed by atoms with van der Waals surface area (Å²) in [5, 5.41) is 0.278. The van der Waals surface area contributed by atoms with Crippen molar-refractivity contribution in [1.82, 2.24) is 4.90 Å². The Morgan fingerprint density at radius 1 is 0.857 bits per heavy atom. The maximum Gasteiger partial charge on any atom is 0.137 e. The summed E-state index contributed by atoms with van der Waals surface area (Å²) >= 11 is 7.48. The maximum atomic E-state index is 5.68. The summed E-state index contributed by atoms with van der Waals surface area (Å²) < 4.78 is 1.03. The van der Waals surface area contributed by atoms with E-state index in [9.17, 15) is 0 Å². The molecule has 0 unspecified atom stereocenters. The van der Waals surface area contributed by atoms with Crippen LogP contribution in [0.15, 0.2) is 60.7 Å². The van der Waals surface area contributed by atoms with Crippen LogP contribution in [-0.4, -0.2) is 22.3 Å². The highest BCUT2D eigenvalue weighted by Crippen LogP contribution is 2.37. The lowest BCUT2D eigenvalue weighted by Gasteiger charge is -2.23. The number of thiocarbonyl (C=S) groups is 1. The average molecular weight is 313 g/mol. The molecule has 0 aromatic heterocycles. The van der Waals surface area contributed by atoms with E-state index in [1.165, 1.54) is 24.0 Å². The molecule has 0 N–H and O–H groups in total. The van der Waals surface area contributed by atoms with E-state index in [2.05, 4.69) is 65.6 Å². The smallest absolute Gasteiger partial charge is 0.137 e. The molecule has 1 aliphatic rings. The van der Waals surface area contributed by atoms with Crippen LogP contribution in [0.25, 0.3) is 0 Å². The summed E-state index contributed by atoms with van der Waals surface area (Å²) in [4.78, 5) is 2.35. The third-order valence-electron chi connectivity index (χ3n) is 3.79. The van der Waals surface area contributed by atoms with Gasteiger partial charge in [0.1, 0.15) is 4.32 Å². The van der Waals surface area contributed by atoms with Gasteiger partial charge >= 0.3 is 0 Å². The van der Waals surface area contributed by atoms with Gasteiger partial charge in [-0.1, -0.05) is 84.6 Å². The molecule has 2 aromatic carbocycles. The first-order valence-electron chi connectivity index (χ1n) is 7.40. The molecule has 0 amide bonds. The van der Waals surface area contributed by atoms with Gasteiger partial charge in [0, 0.05) is 13.1 Å². The zero-order chi connectivity index (χ0) is 14.5. The van der Waals surface area contributed by atoms with Gasteiger partial charge in [0.25, 0.3) is 0 Å². The van der Waals surface area contributed by atoms with E-state index in [1.807, 2.05) is 0 Å². The summed E-state index contributed by atoms with van der Waals surface area (Å²) in [6.07, 6.45) is 2.53. The SMILES string of the molecule is S=C(SC(c1ccccc1)c1ccccc1)N1CCCC1. The van der Waals surface area contributed by atoms with Gasteiger partial charge < -0.3 is 4.90 Å². The van der Waals surface area contributed by atoms with E-state index in [4.69, 9.17) is 12.2 Å². The van der Waals surface area contributed by atoms with Gasteiger partial charge in [-0.05, 0) is 24.0 Å². The Labute approximate surface area is 136 Å². The lowest BCUT2D eigenvalue weighted by molar-refractivity contribution is 0.539.